The number of esters is 1. The van der Waals surface area contributed by atoms with Crippen LogP contribution in [0.1, 0.15) is 29.7 Å². The summed E-state index contributed by atoms with van der Waals surface area (Å²) in [5, 5.41) is 0.357. The molecule has 1 aliphatic heterocycles. The molecule has 0 spiro atoms. The second-order valence-corrected chi connectivity index (χ2v) is 10.2. The average Bonchev–Trinajstić information content (AvgIpc) is 3.25. The summed E-state index contributed by atoms with van der Waals surface area (Å²) in [6.07, 6.45) is 1.73. The summed E-state index contributed by atoms with van der Waals surface area (Å²) < 4.78 is 18.5. The molecule has 39 heavy (non-hydrogen) atoms. The number of benzene rings is 3. The number of hydrogen-bond donors (Lipinski definition) is 0. The molecule has 0 amide bonds. The summed E-state index contributed by atoms with van der Waals surface area (Å²) in [7, 11) is 2.86. The van der Waals surface area contributed by atoms with Crippen LogP contribution in [-0.2, 0) is 16.1 Å². The minimum Gasteiger partial charge on any atom is -0.493 e. The number of nitrogens with zero attached hydrogens (tertiary/aromatic N) is 2. The quantitative estimate of drug-likeness (QED) is 0.307. The number of allylic oxidation sites excluding steroid dienone is 1. The fourth-order valence-electron chi connectivity index (χ4n) is 4.49. The number of rotatable bonds is 7. The van der Waals surface area contributed by atoms with Crippen LogP contribution in [0.15, 0.2) is 93.9 Å². The third-order valence-electron chi connectivity index (χ3n) is 6.32. The summed E-state index contributed by atoms with van der Waals surface area (Å²) in [6.45, 7) is 2.08. The molecule has 7 nitrogen and oxygen atoms in total. The van der Waals surface area contributed by atoms with Gasteiger partial charge in [-0.1, -0.05) is 83.6 Å². The summed E-state index contributed by atoms with van der Waals surface area (Å²) in [4.78, 5) is 31.6. The molecular formula is C30H25ClN2O5S. The van der Waals surface area contributed by atoms with Crippen LogP contribution in [-0.4, -0.2) is 24.8 Å². The van der Waals surface area contributed by atoms with Crippen molar-refractivity contribution in [3.8, 4) is 11.5 Å². The molecule has 4 aromatic rings. The van der Waals surface area contributed by atoms with Crippen LogP contribution in [0.4, 0.5) is 0 Å². The maximum atomic E-state index is 13.7. The number of fused-ring (bicyclic) bond motifs is 1. The monoisotopic (exact) mass is 560 g/mol. The molecule has 1 aromatic heterocycles. The van der Waals surface area contributed by atoms with Crippen molar-refractivity contribution in [3.63, 3.8) is 0 Å². The molecule has 2 heterocycles. The van der Waals surface area contributed by atoms with Crippen LogP contribution in [0.3, 0.4) is 0 Å². The number of methoxy groups -OCH3 is 2. The first-order valence-corrected chi connectivity index (χ1v) is 13.3. The molecule has 0 radical (unpaired) electrons. The molecule has 1 aliphatic rings. The highest BCUT2D eigenvalue weighted by Gasteiger charge is 2.32. The third-order valence-corrected chi connectivity index (χ3v) is 7.58. The van der Waals surface area contributed by atoms with Crippen molar-refractivity contribution < 1.29 is 19.0 Å². The van der Waals surface area contributed by atoms with E-state index < -0.39 is 12.0 Å². The maximum absolute atomic E-state index is 13.7. The van der Waals surface area contributed by atoms with E-state index in [-0.39, 0.29) is 5.56 Å². The molecule has 0 fully saturated rings. The number of carbonyl (C=O) groups excluding carboxylic acids is 1. The van der Waals surface area contributed by atoms with E-state index in [0.29, 0.717) is 49.3 Å². The molecule has 0 aliphatic carbocycles. The molecule has 0 bridgehead atoms. The van der Waals surface area contributed by atoms with Crippen molar-refractivity contribution in [2.24, 2.45) is 4.99 Å². The van der Waals surface area contributed by atoms with Crippen molar-refractivity contribution in [2.45, 2.75) is 19.6 Å². The molecule has 0 saturated carbocycles. The molecule has 198 valence electrons. The van der Waals surface area contributed by atoms with Gasteiger partial charge in [-0.15, -0.1) is 0 Å². The van der Waals surface area contributed by atoms with Gasteiger partial charge in [0, 0.05) is 0 Å². The summed E-state index contributed by atoms with van der Waals surface area (Å²) in [5.74, 6) is 0.342. The first-order valence-electron chi connectivity index (χ1n) is 12.1. The summed E-state index contributed by atoms with van der Waals surface area (Å²) >= 11 is 7.84. The smallest absolute Gasteiger partial charge is 0.338 e. The Balaban J connectivity index is 1.58. The topological polar surface area (TPSA) is 79.1 Å². The first kappa shape index (κ1) is 26.5. The zero-order valence-electron chi connectivity index (χ0n) is 21.5. The van der Waals surface area contributed by atoms with Crippen LogP contribution < -0.4 is 24.4 Å². The highest BCUT2D eigenvalue weighted by Crippen LogP contribution is 2.37. The molecule has 0 saturated heterocycles. The fraction of sp³-hybridized carbons (Fsp3) is 0.167. The Bertz CT molecular complexity index is 1740. The van der Waals surface area contributed by atoms with Gasteiger partial charge in [-0.05, 0) is 41.8 Å². The van der Waals surface area contributed by atoms with E-state index in [2.05, 4.69) is 4.99 Å². The second-order valence-electron chi connectivity index (χ2n) is 8.79. The normalized spacial score (nSPS) is 15.0. The van der Waals surface area contributed by atoms with E-state index in [4.69, 9.17) is 25.8 Å². The lowest BCUT2D eigenvalue weighted by Gasteiger charge is -2.24. The molecule has 3 aromatic carbocycles. The number of hydrogen-bond acceptors (Lipinski definition) is 7. The Hall–Kier alpha value is -4.14. The third kappa shape index (κ3) is 5.26. The maximum Gasteiger partial charge on any atom is 0.338 e. The van der Waals surface area contributed by atoms with Gasteiger partial charge < -0.3 is 14.2 Å². The lowest BCUT2D eigenvalue weighted by atomic mass is 9.96. The van der Waals surface area contributed by atoms with E-state index >= 15 is 0 Å². The Labute approximate surface area is 233 Å². The van der Waals surface area contributed by atoms with Gasteiger partial charge in [0.25, 0.3) is 5.56 Å². The molecule has 5 rings (SSSR count). The molecular weight excluding hydrogens is 536 g/mol. The van der Waals surface area contributed by atoms with E-state index in [1.54, 1.807) is 29.7 Å². The van der Waals surface area contributed by atoms with Crippen LogP contribution >= 0.6 is 22.9 Å². The number of ether oxygens (including phenoxy) is 3. The largest absolute Gasteiger partial charge is 0.493 e. The van der Waals surface area contributed by atoms with Crippen molar-refractivity contribution in [3.05, 3.63) is 125 Å². The highest BCUT2D eigenvalue weighted by molar-refractivity contribution is 7.07. The summed E-state index contributed by atoms with van der Waals surface area (Å²) in [6, 6.07) is 21.9. The number of carbonyl (C=O) groups is 1. The number of halogens is 1. The molecule has 1 unspecified atom stereocenters. The van der Waals surface area contributed by atoms with Crippen molar-refractivity contribution in [2.75, 3.05) is 14.2 Å². The molecule has 9 heteroatoms. The Morgan fingerprint density at radius 1 is 1.08 bits per heavy atom. The number of aromatic nitrogens is 1. The SMILES string of the molecule is COC(=O)C1=C(C)N=c2sc(=Cc3cc(Cl)c(OCc4ccccc4)c(OC)c3)c(=O)n2C1c1ccccc1. The Kier molecular flexibility index (Phi) is 7.67. The van der Waals surface area contributed by atoms with Gasteiger partial charge in [-0.3, -0.25) is 9.36 Å². The Morgan fingerprint density at radius 3 is 2.44 bits per heavy atom. The first-order chi connectivity index (χ1) is 18.9. The zero-order valence-corrected chi connectivity index (χ0v) is 23.1. The van der Waals surface area contributed by atoms with Crippen molar-refractivity contribution in [1.29, 1.82) is 0 Å². The Morgan fingerprint density at radius 2 is 1.77 bits per heavy atom. The average molecular weight is 561 g/mol. The predicted octanol–water partition coefficient (Wildman–Crippen LogP) is 4.65. The van der Waals surface area contributed by atoms with Gasteiger partial charge in [0.15, 0.2) is 16.3 Å². The van der Waals surface area contributed by atoms with Crippen LogP contribution in [0.5, 0.6) is 11.5 Å². The van der Waals surface area contributed by atoms with Gasteiger partial charge in [0.2, 0.25) is 0 Å². The van der Waals surface area contributed by atoms with E-state index in [9.17, 15) is 9.59 Å². The standard InChI is InChI=1S/C30H25ClN2O5S/c1-18-25(29(35)37-3)26(21-12-8-5-9-13-21)33-28(34)24(39-30(33)32-18)16-20-14-22(31)27(23(15-20)36-2)38-17-19-10-6-4-7-11-19/h4-16,26H,17H2,1-3H3. The van der Waals surface area contributed by atoms with Crippen LogP contribution in [0.2, 0.25) is 5.02 Å². The molecule has 1 atom stereocenters. The fourth-order valence-corrected chi connectivity index (χ4v) is 5.81. The summed E-state index contributed by atoms with van der Waals surface area (Å²) in [5.41, 5.74) is 3.00. The highest BCUT2D eigenvalue weighted by atomic mass is 35.5. The minimum absolute atomic E-state index is 0.277. The number of thiazole rings is 1. The van der Waals surface area contributed by atoms with Gasteiger partial charge in [0.05, 0.1) is 41.1 Å². The van der Waals surface area contributed by atoms with E-state index in [1.165, 1.54) is 25.6 Å². The molecule has 0 N–H and O–H groups in total. The van der Waals surface area contributed by atoms with E-state index in [1.807, 2.05) is 60.7 Å². The minimum atomic E-state index is -0.663. The van der Waals surface area contributed by atoms with Gasteiger partial charge in [-0.2, -0.15) is 0 Å². The lowest BCUT2D eigenvalue weighted by Crippen LogP contribution is -2.39. The van der Waals surface area contributed by atoms with Crippen LogP contribution in [0, 0.1) is 0 Å². The lowest BCUT2D eigenvalue weighted by molar-refractivity contribution is -0.136. The zero-order chi connectivity index (χ0) is 27.5. The van der Waals surface area contributed by atoms with Gasteiger partial charge in [0.1, 0.15) is 6.61 Å². The van der Waals surface area contributed by atoms with Crippen molar-refractivity contribution in [1.82, 2.24) is 4.57 Å². The van der Waals surface area contributed by atoms with Crippen molar-refractivity contribution >= 4 is 35.0 Å². The van der Waals surface area contributed by atoms with E-state index in [0.717, 1.165) is 11.1 Å². The van der Waals surface area contributed by atoms with Gasteiger partial charge >= 0.3 is 5.97 Å². The predicted molar refractivity (Wildman–Crippen MR) is 151 cm³/mol. The second kappa shape index (κ2) is 11.3. The van der Waals surface area contributed by atoms with Gasteiger partial charge in [-0.25, -0.2) is 9.79 Å². The van der Waals surface area contributed by atoms with Crippen LogP contribution in [0.25, 0.3) is 6.08 Å².